The summed E-state index contributed by atoms with van der Waals surface area (Å²) < 4.78 is 10.5. The molecule has 0 atom stereocenters. The van der Waals surface area contributed by atoms with E-state index in [0.717, 1.165) is 11.1 Å². The van der Waals surface area contributed by atoms with Crippen molar-refractivity contribution in [2.45, 2.75) is 6.92 Å². The topological polar surface area (TPSA) is 77.0 Å². The number of nitrogens with zero attached hydrogens (tertiary/aromatic N) is 1. The number of carbonyl (C=O) groups excluding carboxylic acids is 2. The minimum Gasteiger partial charge on any atom is -0.497 e. The molecule has 146 valence electrons. The third-order valence-corrected chi connectivity index (χ3v) is 4.17. The maximum atomic E-state index is 12.2. The van der Waals surface area contributed by atoms with Gasteiger partial charge in [0.15, 0.2) is 0 Å². The van der Waals surface area contributed by atoms with E-state index in [1.807, 2.05) is 19.1 Å². The fourth-order valence-electron chi connectivity index (χ4n) is 2.58. The molecule has 0 radical (unpaired) electrons. The van der Waals surface area contributed by atoms with E-state index in [1.54, 1.807) is 60.7 Å². The molecule has 0 unspecified atom stereocenters. The van der Waals surface area contributed by atoms with Gasteiger partial charge in [-0.05, 0) is 66.6 Å². The van der Waals surface area contributed by atoms with Gasteiger partial charge in [-0.25, -0.2) is 10.2 Å². The number of rotatable bonds is 6. The Hall–Kier alpha value is -3.93. The number of hydrogen-bond donors (Lipinski definition) is 1. The highest BCUT2D eigenvalue weighted by Gasteiger charge is 2.10. The summed E-state index contributed by atoms with van der Waals surface area (Å²) in [7, 11) is 1.54. The van der Waals surface area contributed by atoms with Gasteiger partial charge in [-0.1, -0.05) is 24.3 Å². The number of ether oxygens (including phenoxy) is 2. The molecule has 0 aliphatic heterocycles. The van der Waals surface area contributed by atoms with Gasteiger partial charge in [0.1, 0.15) is 11.5 Å². The van der Waals surface area contributed by atoms with Crippen LogP contribution in [0.5, 0.6) is 11.5 Å². The number of benzene rings is 3. The summed E-state index contributed by atoms with van der Waals surface area (Å²) >= 11 is 0. The zero-order chi connectivity index (χ0) is 20.6. The monoisotopic (exact) mass is 388 g/mol. The normalized spacial score (nSPS) is 10.6. The van der Waals surface area contributed by atoms with Gasteiger partial charge in [-0.15, -0.1) is 0 Å². The van der Waals surface area contributed by atoms with Crippen LogP contribution in [-0.2, 0) is 0 Å². The lowest BCUT2D eigenvalue weighted by atomic mass is 10.1. The Balaban J connectivity index is 1.58. The summed E-state index contributed by atoms with van der Waals surface area (Å²) in [5.74, 6) is 0.271. The Kier molecular flexibility index (Phi) is 6.37. The quantitative estimate of drug-likeness (QED) is 0.300. The summed E-state index contributed by atoms with van der Waals surface area (Å²) in [5, 5.41) is 3.95. The van der Waals surface area contributed by atoms with Crippen LogP contribution in [0.2, 0.25) is 0 Å². The van der Waals surface area contributed by atoms with Crippen molar-refractivity contribution in [2.24, 2.45) is 5.10 Å². The molecule has 0 bridgehead atoms. The molecule has 0 heterocycles. The molecule has 3 aromatic carbocycles. The van der Waals surface area contributed by atoms with Crippen molar-refractivity contribution in [1.82, 2.24) is 5.43 Å². The van der Waals surface area contributed by atoms with Crippen LogP contribution in [0, 0.1) is 6.92 Å². The number of hydrazone groups is 1. The van der Waals surface area contributed by atoms with Crippen molar-refractivity contribution < 1.29 is 19.1 Å². The molecule has 0 aromatic heterocycles. The van der Waals surface area contributed by atoms with Crippen molar-refractivity contribution in [3.8, 4) is 11.5 Å². The molecule has 1 amide bonds. The molecule has 0 aliphatic rings. The van der Waals surface area contributed by atoms with E-state index in [4.69, 9.17) is 9.47 Å². The molecule has 3 rings (SSSR count). The highest BCUT2D eigenvalue weighted by molar-refractivity contribution is 5.95. The molecule has 6 nitrogen and oxygen atoms in total. The van der Waals surface area contributed by atoms with E-state index in [1.165, 1.54) is 13.3 Å². The predicted molar refractivity (Wildman–Crippen MR) is 111 cm³/mol. The SMILES string of the molecule is COc1cccc(C(=O)NN=Cc2ccc(OC(=O)c3ccccc3C)cc2)c1. The van der Waals surface area contributed by atoms with Crippen LogP contribution in [0.4, 0.5) is 0 Å². The van der Waals surface area contributed by atoms with Gasteiger partial charge in [-0.2, -0.15) is 5.10 Å². The third-order valence-electron chi connectivity index (χ3n) is 4.17. The van der Waals surface area contributed by atoms with Gasteiger partial charge in [0.2, 0.25) is 0 Å². The minimum atomic E-state index is -0.407. The minimum absolute atomic E-state index is 0.344. The number of nitrogens with one attached hydrogen (secondary N) is 1. The largest absolute Gasteiger partial charge is 0.497 e. The van der Waals surface area contributed by atoms with Crippen molar-refractivity contribution in [3.63, 3.8) is 0 Å². The van der Waals surface area contributed by atoms with Gasteiger partial charge >= 0.3 is 5.97 Å². The first-order valence-corrected chi connectivity index (χ1v) is 8.92. The number of esters is 1. The fourth-order valence-corrected chi connectivity index (χ4v) is 2.58. The standard InChI is InChI=1S/C23H20N2O4/c1-16-6-3-4-9-21(16)23(27)29-19-12-10-17(11-13-19)15-24-25-22(26)18-7-5-8-20(14-18)28-2/h3-15H,1-2H3,(H,25,26). The molecule has 29 heavy (non-hydrogen) atoms. The first-order valence-electron chi connectivity index (χ1n) is 8.92. The van der Waals surface area contributed by atoms with Crippen LogP contribution in [0.1, 0.15) is 31.8 Å². The second-order valence-corrected chi connectivity index (χ2v) is 6.20. The molecule has 0 fully saturated rings. The van der Waals surface area contributed by atoms with Gasteiger partial charge in [0.05, 0.1) is 18.9 Å². The number of carbonyl (C=O) groups is 2. The van der Waals surface area contributed by atoms with E-state index in [0.29, 0.717) is 22.6 Å². The summed E-state index contributed by atoms with van der Waals surface area (Å²) in [6.07, 6.45) is 1.50. The summed E-state index contributed by atoms with van der Waals surface area (Å²) in [5.41, 5.74) is 5.03. The summed E-state index contributed by atoms with van der Waals surface area (Å²) in [6, 6.07) is 20.8. The molecule has 0 saturated carbocycles. The maximum Gasteiger partial charge on any atom is 0.343 e. The lowest BCUT2D eigenvalue weighted by Crippen LogP contribution is -2.17. The lowest BCUT2D eigenvalue weighted by Gasteiger charge is -2.06. The van der Waals surface area contributed by atoms with Gasteiger partial charge in [-0.3, -0.25) is 4.79 Å². The van der Waals surface area contributed by atoms with Crippen LogP contribution in [0.25, 0.3) is 0 Å². The summed E-state index contributed by atoms with van der Waals surface area (Å²) in [6.45, 7) is 1.86. The van der Waals surface area contributed by atoms with Gasteiger partial charge in [0, 0.05) is 5.56 Å². The van der Waals surface area contributed by atoms with Crippen molar-refractivity contribution in [2.75, 3.05) is 7.11 Å². The molecular weight excluding hydrogens is 368 g/mol. The molecule has 6 heteroatoms. The second-order valence-electron chi connectivity index (χ2n) is 6.20. The third kappa shape index (κ3) is 5.29. The van der Waals surface area contributed by atoms with Crippen LogP contribution < -0.4 is 14.9 Å². The fraction of sp³-hybridized carbons (Fsp3) is 0.0870. The van der Waals surface area contributed by atoms with Crippen LogP contribution in [0.3, 0.4) is 0 Å². The average Bonchev–Trinajstić information content (AvgIpc) is 2.75. The smallest absolute Gasteiger partial charge is 0.343 e. The van der Waals surface area contributed by atoms with E-state index in [2.05, 4.69) is 10.5 Å². The average molecular weight is 388 g/mol. The Labute approximate surface area is 168 Å². The molecule has 3 aromatic rings. The maximum absolute atomic E-state index is 12.2. The Bertz CT molecular complexity index is 1040. The van der Waals surface area contributed by atoms with Crippen molar-refractivity contribution in [3.05, 3.63) is 95.1 Å². The van der Waals surface area contributed by atoms with E-state index in [-0.39, 0.29) is 5.91 Å². The zero-order valence-electron chi connectivity index (χ0n) is 16.1. The first-order chi connectivity index (χ1) is 14.1. The Morgan fingerprint density at radius 1 is 0.931 bits per heavy atom. The number of amides is 1. The van der Waals surface area contributed by atoms with Crippen LogP contribution in [-0.4, -0.2) is 25.2 Å². The Morgan fingerprint density at radius 3 is 2.41 bits per heavy atom. The lowest BCUT2D eigenvalue weighted by molar-refractivity contribution is 0.0733. The second kappa shape index (κ2) is 9.32. The molecule has 0 aliphatic carbocycles. The molecule has 1 N–H and O–H groups in total. The zero-order valence-corrected chi connectivity index (χ0v) is 16.1. The highest BCUT2D eigenvalue weighted by Crippen LogP contribution is 2.16. The summed E-state index contributed by atoms with van der Waals surface area (Å²) in [4.78, 5) is 24.3. The van der Waals surface area contributed by atoms with Crippen molar-refractivity contribution >= 4 is 18.1 Å². The van der Waals surface area contributed by atoms with E-state index < -0.39 is 5.97 Å². The van der Waals surface area contributed by atoms with E-state index >= 15 is 0 Å². The first kappa shape index (κ1) is 19.8. The Morgan fingerprint density at radius 2 is 1.69 bits per heavy atom. The van der Waals surface area contributed by atoms with Gasteiger partial charge < -0.3 is 9.47 Å². The van der Waals surface area contributed by atoms with E-state index in [9.17, 15) is 9.59 Å². The number of aryl methyl sites for hydroxylation is 1. The number of methoxy groups -OCH3 is 1. The molecule has 0 saturated heterocycles. The van der Waals surface area contributed by atoms with Crippen LogP contribution in [0.15, 0.2) is 77.9 Å². The number of hydrogen-bond acceptors (Lipinski definition) is 5. The van der Waals surface area contributed by atoms with Crippen LogP contribution >= 0.6 is 0 Å². The van der Waals surface area contributed by atoms with Crippen molar-refractivity contribution in [1.29, 1.82) is 0 Å². The highest BCUT2D eigenvalue weighted by atomic mass is 16.5. The molecular formula is C23H20N2O4. The predicted octanol–water partition coefficient (Wildman–Crippen LogP) is 3.99. The van der Waals surface area contributed by atoms with Gasteiger partial charge in [0.25, 0.3) is 5.91 Å². The molecule has 0 spiro atoms.